The Balaban J connectivity index is 1.55. The van der Waals surface area contributed by atoms with E-state index in [0.717, 1.165) is 5.56 Å². The largest absolute Gasteiger partial charge is 0.362 e. The molecule has 150 valence electrons. The van der Waals surface area contributed by atoms with Gasteiger partial charge in [0, 0.05) is 17.7 Å². The molecule has 9 nitrogen and oxygen atoms in total. The van der Waals surface area contributed by atoms with Crippen LogP contribution in [0.5, 0.6) is 0 Å². The fourth-order valence-corrected chi connectivity index (χ4v) is 2.34. The zero-order valence-corrected chi connectivity index (χ0v) is 15.8. The number of nitro benzene ring substituents is 1. The van der Waals surface area contributed by atoms with E-state index in [-0.39, 0.29) is 11.3 Å². The maximum absolute atomic E-state index is 12.0. The average Bonchev–Trinajstić information content (AvgIpc) is 2.77. The Morgan fingerprint density at radius 2 is 1.50 bits per heavy atom. The zero-order valence-electron chi connectivity index (χ0n) is 15.8. The van der Waals surface area contributed by atoms with Crippen molar-refractivity contribution < 1.29 is 19.3 Å². The van der Waals surface area contributed by atoms with Crippen molar-refractivity contribution >= 4 is 28.9 Å². The number of rotatable bonds is 6. The predicted octanol–water partition coefficient (Wildman–Crippen LogP) is 5.01. The summed E-state index contributed by atoms with van der Waals surface area (Å²) in [7, 11) is 0. The molecule has 0 spiro atoms. The van der Waals surface area contributed by atoms with Gasteiger partial charge in [-0.15, -0.1) is 10.2 Å². The van der Waals surface area contributed by atoms with Crippen molar-refractivity contribution in [2.24, 2.45) is 10.2 Å². The van der Waals surface area contributed by atoms with Gasteiger partial charge in [-0.1, -0.05) is 17.7 Å². The Hall–Kier alpha value is -4.40. The van der Waals surface area contributed by atoms with Crippen molar-refractivity contribution in [3.8, 4) is 0 Å². The summed E-state index contributed by atoms with van der Waals surface area (Å²) in [5.41, 5.74) is 4.92. The van der Waals surface area contributed by atoms with E-state index < -0.39 is 16.8 Å². The molecule has 9 heteroatoms. The SMILES string of the molecule is Cc1ccc(C(=O)N=Nc2ccc(NOC(=O)c3ccc([N+](=O)[O-])cc3)cc2)cc1. The van der Waals surface area contributed by atoms with Crippen molar-refractivity contribution in [1.29, 1.82) is 0 Å². The lowest BCUT2D eigenvalue weighted by molar-refractivity contribution is -0.384. The number of nitro groups is 1. The van der Waals surface area contributed by atoms with Crippen LogP contribution in [0.3, 0.4) is 0 Å². The number of amides is 1. The molecule has 3 aromatic rings. The molecule has 0 heterocycles. The molecule has 1 N–H and O–H groups in total. The highest BCUT2D eigenvalue weighted by molar-refractivity contribution is 5.94. The fraction of sp³-hybridized carbons (Fsp3) is 0.0476. The molecule has 0 unspecified atom stereocenters. The highest BCUT2D eigenvalue weighted by Crippen LogP contribution is 2.18. The Morgan fingerprint density at radius 3 is 2.10 bits per heavy atom. The first-order chi connectivity index (χ1) is 14.4. The van der Waals surface area contributed by atoms with Crippen LogP contribution in [0.2, 0.25) is 0 Å². The summed E-state index contributed by atoms with van der Waals surface area (Å²) in [4.78, 5) is 39.0. The van der Waals surface area contributed by atoms with Gasteiger partial charge in [0.05, 0.1) is 21.9 Å². The van der Waals surface area contributed by atoms with Crippen molar-refractivity contribution in [3.63, 3.8) is 0 Å². The lowest BCUT2D eigenvalue weighted by Gasteiger charge is -2.06. The van der Waals surface area contributed by atoms with Crippen LogP contribution in [-0.2, 0) is 4.84 Å². The van der Waals surface area contributed by atoms with Gasteiger partial charge in [-0.3, -0.25) is 14.9 Å². The number of carbonyl (C=O) groups excluding carboxylic acids is 2. The predicted molar refractivity (Wildman–Crippen MR) is 109 cm³/mol. The molecule has 3 rings (SSSR count). The summed E-state index contributed by atoms with van der Waals surface area (Å²) < 4.78 is 0. The summed E-state index contributed by atoms with van der Waals surface area (Å²) in [6, 6.07) is 18.4. The van der Waals surface area contributed by atoms with Crippen molar-refractivity contribution in [2.45, 2.75) is 6.92 Å². The molecule has 0 fully saturated rings. The van der Waals surface area contributed by atoms with Crippen LogP contribution in [0.15, 0.2) is 83.0 Å². The van der Waals surface area contributed by atoms with Gasteiger partial charge in [-0.2, -0.15) is 0 Å². The quantitative estimate of drug-likeness (QED) is 0.350. The Labute approximate surface area is 171 Å². The zero-order chi connectivity index (χ0) is 21.5. The molecule has 0 saturated heterocycles. The molecule has 3 aromatic carbocycles. The van der Waals surface area contributed by atoms with Gasteiger partial charge in [0.1, 0.15) is 0 Å². The number of nitrogens with one attached hydrogen (secondary N) is 1. The normalized spacial score (nSPS) is 10.6. The first-order valence-corrected chi connectivity index (χ1v) is 8.77. The lowest BCUT2D eigenvalue weighted by Crippen LogP contribution is -2.10. The van der Waals surface area contributed by atoms with Crippen molar-refractivity contribution in [3.05, 3.63) is 99.6 Å². The summed E-state index contributed by atoms with van der Waals surface area (Å²) in [5, 5.41) is 18.2. The molecule has 30 heavy (non-hydrogen) atoms. The maximum Gasteiger partial charge on any atom is 0.362 e. The van der Waals surface area contributed by atoms with Crippen molar-refractivity contribution in [1.82, 2.24) is 0 Å². The second-order valence-corrected chi connectivity index (χ2v) is 6.21. The van der Waals surface area contributed by atoms with Crippen LogP contribution < -0.4 is 5.48 Å². The van der Waals surface area contributed by atoms with E-state index in [1.807, 2.05) is 19.1 Å². The first kappa shape index (κ1) is 20.3. The van der Waals surface area contributed by atoms with Gasteiger partial charge >= 0.3 is 5.97 Å². The number of azo groups is 1. The summed E-state index contributed by atoms with van der Waals surface area (Å²) >= 11 is 0. The summed E-state index contributed by atoms with van der Waals surface area (Å²) in [5.74, 6) is -1.15. The summed E-state index contributed by atoms with van der Waals surface area (Å²) in [6.45, 7) is 1.93. The van der Waals surface area contributed by atoms with Crippen LogP contribution >= 0.6 is 0 Å². The van der Waals surface area contributed by atoms with E-state index in [4.69, 9.17) is 4.84 Å². The smallest absolute Gasteiger partial charge is 0.338 e. The van der Waals surface area contributed by atoms with Crippen molar-refractivity contribution in [2.75, 3.05) is 5.48 Å². The minimum absolute atomic E-state index is 0.120. The average molecular weight is 404 g/mol. The molecular weight excluding hydrogens is 388 g/mol. The van der Waals surface area contributed by atoms with Gasteiger partial charge in [-0.25, -0.2) is 10.3 Å². The van der Waals surface area contributed by atoms with Crippen LogP contribution in [-0.4, -0.2) is 16.8 Å². The van der Waals surface area contributed by atoms with Crippen LogP contribution in [0, 0.1) is 17.0 Å². The molecule has 0 aromatic heterocycles. The minimum Gasteiger partial charge on any atom is -0.338 e. The third-order valence-corrected chi connectivity index (χ3v) is 4.00. The number of nitrogens with zero attached hydrogens (tertiary/aromatic N) is 3. The monoisotopic (exact) mass is 404 g/mol. The van der Waals surface area contributed by atoms with E-state index in [9.17, 15) is 19.7 Å². The van der Waals surface area contributed by atoms with Gasteiger partial charge in [-0.05, 0) is 55.5 Å². The summed E-state index contributed by atoms with van der Waals surface area (Å²) in [6.07, 6.45) is 0. The number of benzene rings is 3. The molecule has 0 atom stereocenters. The molecule has 0 bridgehead atoms. The number of hydrogen-bond acceptors (Lipinski definition) is 7. The molecule has 0 saturated carbocycles. The Morgan fingerprint density at radius 1 is 0.900 bits per heavy atom. The van der Waals surface area contributed by atoms with E-state index in [0.29, 0.717) is 16.9 Å². The number of carbonyl (C=O) groups is 2. The molecular formula is C21H16N4O5. The second kappa shape index (κ2) is 9.20. The number of aryl methyl sites for hydroxylation is 1. The van der Waals surface area contributed by atoms with Crippen LogP contribution in [0.4, 0.5) is 17.1 Å². The molecule has 1 amide bonds. The van der Waals surface area contributed by atoms with E-state index in [1.54, 1.807) is 36.4 Å². The van der Waals surface area contributed by atoms with Gasteiger partial charge in [0.15, 0.2) is 0 Å². The third-order valence-electron chi connectivity index (χ3n) is 4.00. The maximum atomic E-state index is 12.0. The fourth-order valence-electron chi connectivity index (χ4n) is 2.34. The Kier molecular flexibility index (Phi) is 6.23. The van der Waals surface area contributed by atoms with Gasteiger partial charge in [0.25, 0.3) is 11.6 Å². The van der Waals surface area contributed by atoms with Gasteiger partial charge in [0.2, 0.25) is 0 Å². The van der Waals surface area contributed by atoms with E-state index in [2.05, 4.69) is 15.7 Å². The number of anilines is 1. The standard InChI is InChI=1S/C21H16N4O5/c1-14-2-4-15(5-3-14)20(26)23-22-17-8-10-18(11-9-17)24-30-21(27)16-6-12-19(13-7-16)25(28)29/h2-13,24H,1H3. The molecule has 0 radical (unpaired) electrons. The van der Waals surface area contributed by atoms with E-state index in [1.165, 1.54) is 24.3 Å². The Bertz CT molecular complexity index is 1090. The minimum atomic E-state index is -0.697. The van der Waals surface area contributed by atoms with E-state index >= 15 is 0 Å². The van der Waals surface area contributed by atoms with Crippen LogP contribution in [0.25, 0.3) is 0 Å². The molecule has 0 aliphatic carbocycles. The number of non-ortho nitro benzene ring substituents is 1. The highest BCUT2D eigenvalue weighted by Gasteiger charge is 2.11. The van der Waals surface area contributed by atoms with Gasteiger partial charge < -0.3 is 4.84 Å². The number of hydrogen-bond donors (Lipinski definition) is 1. The topological polar surface area (TPSA) is 123 Å². The first-order valence-electron chi connectivity index (χ1n) is 8.77. The molecule has 0 aliphatic heterocycles. The second-order valence-electron chi connectivity index (χ2n) is 6.21. The highest BCUT2D eigenvalue weighted by atomic mass is 16.7. The third kappa shape index (κ3) is 5.32. The molecule has 0 aliphatic rings. The van der Waals surface area contributed by atoms with Crippen LogP contribution in [0.1, 0.15) is 26.3 Å². The lowest BCUT2D eigenvalue weighted by atomic mass is 10.1.